The molecule has 2 rings (SSSR count). The van der Waals surface area contributed by atoms with E-state index < -0.39 is 11.7 Å². The van der Waals surface area contributed by atoms with Gasteiger partial charge in [-0.3, -0.25) is 0 Å². The Labute approximate surface area is 109 Å². The molecule has 0 bridgehead atoms. The van der Waals surface area contributed by atoms with Gasteiger partial charge in [0, 0.05) is 24.8 Å². The number of hydrogen-bond donors (Lipinski definition) is 1. The summed E-state index contributed by atoms with van der Waals surface area (Å²) in [4.78, 5) is 0. The van der Waals surface area contributed by atoms with Crippen molar-refractivity contribution in [3.8, 4) is 6.07 Å². The standard InChI is InChI=1S/C13H13F3N2O/c14-13(15,16)11-2-1-9(6-17)5-12(11)18-7-10-3-4-19-8-10/h1-2,5,10,18H,3-4,7-8H2/t10-/m0/s1. The van der Waals surface area contributed by atoms with Gasteiger partial charge < -0.3 is 10.1 Å². The molecule has 19 heavy (non-hydrogen) atoms. The first-order chi connectivity index (χ1) is 9.00. The molecule has 1 N–H and O–H groups in total. The number of hydrogen-bond acceptors (Lipinski definition) is 3. The highest BCUT2D eigenvalue weighted by molar-refractivity contribution is 5.57. The highest BCUT2D eigenvalue weighted by atomic mass is 19.4. The number of nitriles is 1. The van der Waals surface area contributed by atoms with E-state index in [2.05, 4.69) is 5.32 Å². The Morgan fingerprint density at radius 1 is 1.42 bits per heavy atom. The van der Waals surface area contributed by atoms with Crippen molar-refractivity contribution in [2.75, 3.05) is 25.1 Å². The van der Waals surface area contributed by atoms with Crippen LogP contribution in [0.1, 0.15) is 17.5 Å². The van der Waals surface area contributed by atoms with E-state index in [0.29, 0.717) is 19.8 Å². The first-order valence-electron chi connectivity index (χ1n) is 5.93. The van der Waals surface area contributed by atoms with Crippen molar-refractivity contribution in [2.45, 2.75) is 12.6 Å². The molecule has 0 unspecified atom stereocenters. The largest absolute Gasteiger partial charge is 0.418 e. The van der Waals surface area contributed by atoms with Crippen molar-refractivity contribution in [2.24, 2.45) is 5.92 Å². The quantitative estimate of drug-likeness (QED) is 0.918. The Kier molecular flexibility index (Phi) is 3.96. The van der Waals surface area contributed by atoms with Crippen molar-refractivity contribution in [1.29, 1.82) is 5.26 Å². The summed E-state index contributed by atoms with van der Waals surface area (Å²) < 4.78 is 43.7. The molecule has 1 aromatic rings. The van der Waals surface area contributed by atoms with Crippen LogP contribution >= 0.6 is 0 Å². The molecular formula is C13H13F3N2O. The molecule has 1 aliphatic heterocycles. The van der Waals surface area contributed by atoms with Gasteiger partial charge in [-0.15, -0.1) is 0 Å². The SMILES string of the molecule is N#Cc1ccc(C(F)(F)F)c(NC[C@@H]2CCOC2)c1. The minimum Gasteiger partial charge on any atom is -0.384 e. The van der Waals surface area contributed by atoms with E-state index in [9.17, 15) is 13.2 Å². The summed E-state index contributed by atoms with van der Waals surface area (Å²) in [5, 5.41) is 11.5. The third kappa shape index (κ3) is 3.38. The molecule has 1 saturated heterocycles. The number of anilines is 1. The molecule has 0 saturated carbocycles. The van der Waals surface area contributed by atoms with Crippen LogP contribution in [0, 0.1) is 17.2 Å². The lowest BCUT2D eigenvalue weighted by molar-refractivity contribution is -0.136. The molecule has 0 amide bonds. The zero-order valence-electron chi connectivity index (χ0n) is 10.1. The topological polar surface area (TPSA) is 45.0 Å². The molecule has 3 nitrogen and oxygen atoms in total. The zero-order valence-corrected chi connectivity index (χ0v) is 10.1. The summed E-state index contributed by atoms with van der Waals surface area (Å²) in [6.07, 6.45) is -3.59. The fourth-order valence-electron chi connectivity index (χ4n) is 2.01. The Bertz CT molecular complexity index is 488. The molecule has 1 atom stereocenters. The van der Waals surface area contributed by atoms with Gasteiger partial charge in [-0.1, -0.05) is 0 Å². The Morgan fingerprint density at radius 2 is 2.21 bits per heavy atom. The third-order valence-electron chi connectivity index (χ3n) is 3.06. The fraction of sp³-hybridized carbons (Fsp3) is 0.462. The van der Waals surface area contributed by atoms with E-state index in [-0.39, 0.29) is 17.2 Å². The van der Waals surface area contributed by atoms with Crippen molar-refractivity contribution in [1.82, 2.24) is 0 Å². The number of benzene rings is 1. The van der Waals surface area contributed by atoms with Crippen molar-refractivity contribution < 1.29 is 17.9 Å². The molecule has 0 aromatic heterocycles. The van der Waals surface area contributed by atoms with Crippen molar-refractivity contribution in [3.63, 3.8) is 0 Å². The molecule has 0 aliphatic carbocycles. The minimum atomic E-state index is -4.43. The summed E-state index contributed by atoms with van der Waals surface area (Å²) >= 11 is 0. The van der Waals surface area contributed by atoms with Crippen LogP contribution in [0.3, 0.4) is 0 Å². The van der Waals surface area contributed by atoms with Crippen LogP contribution in [0.5, 0.6) is 0 Å². The lowest BCUT2D eigenvalue weighted by Gasteiger charge is -2.16. The maximum atomic E-state index is 12.8. The van der Waals surface area contributed by atoms with Gasteiger partial charge in [0.2, 0.25) is 0 Å². The summed E-state index contributed by atoms with van der Waals surface area (Å²) in [7, 11) is 0. The highest BCUT2D eigenvalue weighted by Crippen LogP contribution is 2.35. The van der Waals surface area contributed by atoms with Gasteiger partial charge in [0.25, 0.3) is 0 Å². The van der Waals surface area contributed by atoms with Crippen LogP contribution in [0.15, 0.2) is 18.2 Å². The summed E-state index contributed by atoms with van der Waals surface area (Å²) in [5.74, 6) is 0.215. The highest BCUT2D eigenvalue weighted by Gasteiger charge is 2.33. The van der Waals surface area contributed by atoms with Gasteiger partial charge in [0.1, 0.15) is 0 Å². The van der Waals surface area contributed by atoms with E-state index in [1.165, 1.54) is 12.1 Å². The molecule has 1 fully saturated rings. The van der Waals surface area contributed by atoms with Gasteiger partial charge in [-0.25, -0.2) is 0 Å². The number of rotatable bonds is 3. The number of nitrogens with zero attached hydrogens (tertiary/aromatic N) is 1. The summed E-state index contributed by atoms with van der Waals surface area (Å²) in [6, 6.07) is 5.19. The maximum Gasteiger partial charge on any atom is 0.418 e. The van der Waals surface area contributed by atoms with E-state index in [1.54, 1.807) is 0 Å². The Morgan fingerprint density at radius 3 is 2.79 bits per heavy atom. The second-order valence-electron chi connectivity index (χ2n) is 4.48. The van der Waals surface area contributed by atoms with Gasteiger partial charge in [0.15, 0.2) is 0 Å². The minimum absolute atomic E-state index is 0.0431. The average molecular weight is 270 g/mol. The van der Waals surface area contributed by atoms with Crippen LogP contribution < -0.4 is 5.32 Å². The predicted octanol–water partition coefficient (Wildman–Crippen LogP) is 3.03. The van der Waals surface area contributed by atoms with Crippen LogP contribution in [0.2, 0.25) is 0 Å². The van der Waals surface area contributed by atoms with Gasteiger partial charge in [-0.2, -0.15) is 18.4 Å². The van der Waals surface area contributed by atoms with Crippen LogP contribution in [0.25, 0.3) is 0 Å². The second-order valence-corrected chi connectivity index (χ2v) is 4.48. The summed E-state index contributed by atoms with van der Waals surface area (Å²) in [6.45, 7) is 1.63. The average Bonchev–Trinajstić information content (AvgIpc) is 2.88. The smallest absolute Gasteiger partial charge is 0.384 e. The molecule has 0 spiro atoms. The number of ether oxygens (including phenoxy) is 1. The monoisotopic (exact) mass is 270 g/mol. The van der Waals surface area contributed by atoms with Crippen LogP contribution in [0.4, 0.5) is 18.9 Å². The van der Waals surface area contributed by atoms with Gasteiger partial charge in [0.05, 0.1) is 23.8 Å². The first kappa shape index (κ1) is 13.7. The Hall–Kier alpha value is -1.74. The van der Waals surface area contributed by atoms with Gasteiger partial charge in [-0.05, 0) is 24.6 Å². The number of alkyl halides is 3. The van der Waals surface area contributed by atoms with Crippen LogP contribution in [-0.4, -0.2) is 19.8 Å². The van der Waals surface area contributed by atoms with E-state index in [4.69, 9.17) is 10.00 Å². The lowest BCUT2D eigenvalue weighted by atomic mass is 10.1. The second kappa shape index (κ2) is 5.49. The maximum absolute atomic E-state index is 12.8. The Balaban J connectivity index is 2.18. The summed E-state index contributed by atoms with van der Waals surface area (Å²) in [5.41, 5.74) is -0.581. The van der Waals surface area contributed by atoms with E-state index >= 15 is 0 Å². The molecule has 102 valence electrons. The normalized spacial score (nSPS) is 19.2. The predicted molar refractivity (Wildman–Crippen MR) is 63.6 cm³/mol. The molecular weight excluding hydrogens is 257 g/mol. The van der Waals surface area contributed by atoms with Crippen LogP contribution in [-0.2, 0) is 10.9 Å². The van der Waals surface area contributed by atoms with E-state index in [0.717, 1.165) is 12.5 Å². The number of halogens is 3. The third-order valence-corrected chi connectivity index (χ3v) is 3.06. The van der Waals surface area contributed by atoms with Crippen molar-refractivity contribution in [3.05, 3.63) is 29.3 Å². The molecule has 6 heteroatoms. The molecule has 0 radical (unpaired) electrons. The molecule has 1 heterocycles. The fourth-order valence-corrected chi connectivity index (χ4v) is 2.01. The lowest BCUT2D eigenvalue weighted by Crippen LogP contribution is -2.17. The zero-order chi connectivity index (χ0) is 13.9. The van der Waals surface area contributed by atoms with Crippen molar-refractivity contribution >= 4 is 5.69 Å². The first-order valence-corrected chi connectivity index (χ1v) is 5.93. The number of nitrogens with one attached hydrogen (secondary N) is 1. The molecule has 1 aromatic carbocycles. The van der Waals surface area contributed by atoms with E-state index in [1.807, 2.05) is 6.07 Å². The molecule has 1 aliphatic rings. The van der Waals surface area contributed by atoms with Gasteiger partial charge >= 0.3 is 6.18 Å².